The fourth-order valence-corrected chi connectivity index (χ4v) is 3.99. The lowest BCUT2D eigenvalue weighted by Gasteiger charge is -2.15. The molecule has 1 amide bonds. The summed E-state index contributed by atoms with van der Waals surface area (Å²) in [6.45, 7) is 1.61. The maximum absolute atomic E-state index is 12.5. The van der Waals surface area contributed by atoms with Gasteiger partial charge < -0.3 is 10.1 Å². The molecule has 1 atom stereocenters. The highest BCUT2D eigenvalue weighted by atomic mass is 79.9. The average Bonchev–Trinajstić information content (AvgIpc) is 2.70. The summed E-state index contributed by atoms with van der Waals surface area (Å²) in [4.78, 5) is 12.4. The Hall–Kier alpha value is -2.55. The lowest BCUT2D eigenvalue weighted by Crippen LogP contribution is -2.30. The molecule has 0 bridgehead atoms. The monoisotopic (exact) mass is 508 g/mol. The molecule has 0 fully saturated rings. The summed E-state index contributed by atoms with van der Waals surface area (Å²) in [6.07, 6.45) is -0.772. The second kappa shape index (κ2) is 9.51. The van der Waals surface area contributed by atoms with Gasteiger partial charge in [-0.25, -0.2) is 8.42 Å². The lowest BCUT2D eigenvalue weighted by atomic mass is 10.3. The summed E-state index contributed by atoms with van der Waals surface area (Å²) in [7, 11) is -3.75. The molecule has 0 heterocycles. The van der Waals surface area contributed by atoms with Gasteiger partial charge in [-0.1, -0.05) is 33.6 Å². The minimum atomic E-state index is -3.75. The van der Waals surface area contributed by atoms with Crippen LogP contribution in [0.2, 0.25) is 5.02 Å². The molecular formula is C21H18BrClN2O4S. The number of carbonyl (C=O) groups is 1. The number of nitrogens with one attached hydrogen (secondary N) is 2. The van der Waals surface area contributed by atoms with Gasteiger partial charge in [0.25, 0.3) is 15.9 Å². The highest BCUT2D eigenvalue weighted by molar-refractivity contribution is 9.10. The van der Waals surface area contributed by atoms with Crippen molar-refractivity contribution < 1.29 is 17.9 Å². The zero-order valence-electron chi connectivity index (χ0n) is 15.8. The molecule has 2 N–H and O–H groups in total. The Morgan fingerprint density at radius 2 is 1.63 bits per heavy atom. The molecule has 0 aliphatic rings. The van der Waals surface area contributed by atoms with Crippen molar-refractivity contribution in [3.8, 4) is 5.75 Å². The van der Waals surface area contributed by atoms with E-state index in [0.717, 1.165) is 4.47 Å². The molecule has 0 aromatic heterocycles. The highest BCUT2D eigenvalue weighted by Gasteiger charge is 2.17. The van der Waals surface area contributed by atoms with Crippen LogP contribution in [0.15, 0.2) is 82.2 Å². The van der Waals surface area contributed by atoms with Crippen LogP contribution >= 0.6 is 27.5 Å². The highest BCUT2D eigenvalue weighted by Crippen LogP contribution is 2.21. The molecule has 3 aromatic carbocycles. The molecule has 0 aliphatic carbocycles. The third-order valence-corrected chi connectivity index (χ3v) is 6.17. The second-order valence-corrected chi connectivity index (χ2v) is 9.38. The van der Waals surface area contributed by atoms with E-state index in [-0.39, 0.29) is 10.8 Å². The topological polar surface area (TPSA) is 84.5 Å². The summed E-state index contributed by atoms with van der Waals surface area (Å²) in [5, 5.41) is 3.20. The van der Waals surface area contributed by atoms with E-state index in [2.05, 4.69) is 26.0 Å². The zero-order chi connectivity index (χ0) is 21.7. The van der Waals surface area contributed by atoms with E-state index in [1.54, 1.807) is 55.5 Å². The fraction of sp³-hybridized carbons (Fsp3) is 0.0952. The molecule has 30 heavy (non-hydrogen) atoms. The van der Waals surface area contributed by atoms with Crippen molar-refractivity contribution in [1.82, 2.24) is 0 Å². The average molecular weight is 510 g/mol. The predicted octanol–water partition coefficient (Wildman–Crippen LogP) is 5.31. The molecular weight excluding hydrogens is 492 g/mol. The fourth-order valence-electron chi connectivity index (χ4n) is 2.49. The molecule has 6 nitrogen and oxygen atoms in total. The van der Waals surface area contributed by atoms with Crippen molar-refractivity contribution in [2.45, 2.75) is 17.9 Å². The smallest absolute Gasteiger partial charge is 0.265 e. The van der Waals surface area contributed by atoms with Crippen LogP contribution in [0.25, 0.3) is 0 Å². The number of halogens is 2. The van der Waals surface area contributed by atoms with Crippen LogP contribution < -0.4 is 14.8 Å². The number of amides is 1. The van der Waals surface area contributed by atoms with E-state index >= 15 is 0 Å². The van der Waals surface area contributed by atoms with Gasteiger partial charge in [-0.05, 0) is 73.7 Å². The van der Waals surface area contributed by atoms with Crippen molar-refractivity contribution in [3.63, 3.8) is 0 Å². The SMILES string of the molecule is CC(Oc1cccc(Cl)c1)C(=O)Nc1ccc(S(=O)(=O)Nc2ccc(Br)cc2)cc1. The van der Waals surface area contributed by atoms with E-state index in [0.29, 0.717) is 22.1 Å². The maximum atomic E-state index is 12.5. The van der Waals surface area contributed by atoms with Gasteiger partial charge in [0.15, 0.2) is 6.10 Å². The first-order valence-electron chi connectivity index (χ1n) is 8.84. The van der Waals surface area contributed by atoms with Gasteiger partial charge in [-0.15, -0.1) is 0 Å². The predicted molar refractivity (Wildman–Crippen MR) is 122 cm³/mol. The van der Waals surface area contributed by atoms with Gasteiger partial charge in [-0.2, -0.15) is 0 Å². The molecule has 0 saturated carbocycles. The minimum Gasteiger partial charge on any atom is -0.481 e. The zero-order valence-corrected chi connectivity index (χ0v) is 19.0. The van der Waals surface area contributed by atoms with Crippen LogP contribution in [0, 0.1) is 0 Å². The second-order valence-electron chi connectivity index (χ2n) is 6.34. The van der Waals surface area contributed by atoms with Gasteiger partial charge in [0.2, 0.25) is 0 Å². The lowest BCUT2D eigenvalue weighted by molar-refractivity contribution is -0.122. The first-order valence-corrected chi connectivity index (χ1v) is 11.5. The number of hydrogen-bond donors (Lipinski definition) is 2. The summed E-state index contributed by atoms with van der Waals surface area (Å²) < 4.78 is 34.0. The number of sulfonamides is 1. The van der Waals surface area contributed by atoms with Crippen LogP contribution in [-0.4, -0.2) is 20.4 Å². The summed E-state index contributed by atoms with van der Waals surface area (Å²) in [5.41, 5.74) is 0.895. The Morgan fingerprint density at radius 1 is 1.00 bits per heavy atom. The maximum Gasteiger partial charge on any atom is 0.265 e. The van der Waals surface area contributed by atoms with Crippen LogP contribution in [-0.2, 0) is 14.8 Å². The first kappa shape index (κ1) is 22.1. The Morgan fingerprint density at radius 3 is 2.27 bits per heavy atom. The molecule has 1 unspecified atom stereocenters. The molecule has 0 saturated heterocycles. The summed E-state index contributed by atoms with van der Waals surface area (Å²) in [6, 6.07) is 19.4. The molecule has 0 aliphatic heterocycles. The van der Waals surface area contributed by atoms with Gasteiger partial charge in [-0.3, -0.25) is 9.52 Å². The molecule has 0 spiro atoms. The Balaban J connectivity index is 1.63. The Labute approximate surface area is 188 Å². The third-order valence-electron chi connectivity index (χ3n) is 4.01. The molecule has 3 rings (SSSR count). The minimum absolute atomic E-state index is 0.0756. The Kier molecular flexibility index (Phi) is 7.02. The van der Waals surface area contributed by atoms with Gasteiger partial charge in [0.05, 0.1) is 4.90 Å². The van der Waals surface area contributed by atoms with E-state index in [4.69, 9.17) is 16.3 Å². The molecule has 0 radical (unpaired) electrons. The van der Waals surface area contributed by atoms with Crippen LogP contribution in [0.5, 0.6) is 5.75 Å². The largest absolute Gasteiger partial charge is 0.481 e. The number of rotatable bonds is 7. The Bertz CT molecular complexity index is 1140. The number of hydrogen-bond acceptors (Lipinski definition) is 4. The van der Waals surface area contributed by atoms with Crippen LogP contribution in [0.4, 0.5) is 11.4 Å². The van der Waals surface area contributed by atoms with E-state index < -0.39 is 16.1 Å². The van der Waals surface area contributed by atoms with Gasteiger partial charge in [0.1, 0.15) is 5.75 Å². The third kappa shape index (κ3) is 5.98. The van der Waals surface area contributed by atoms with Crippen LogP contribution in [0.1, 0.15) is 6.92 Å². The van der Waals surface area contributed by atoms with E-state index in [1.807, 2.05) is 0 Å². The van der Waals surface area contributed by atoms with Gasteiger partial charge >= 0.3 is 0 Å². The molecule has 9 heteroatoms. The van der Waals surface area contributed by atoms with Crippen molar-refractivity contribution in [2.24, 2.45) is 0 Å². The van der Waals surface area contributed by atoms with Crippen molar-refractivity contribution in [3.05, 3.63) is 82.3 Å². The molecule has 3 aromatic rings. The quantitative estimate of drug-likeness (QED) is 0.452. The normalized spacial score (nSPS) is 12.1. The van der Waals surface area contributed by atoms with Crippen molar-refractivity contribution in [1.29, 1.82) is 0 Å². The number of ether oxygens (including phenoxy) is 1. The number of benzene rings is 3. The van der Waals surface area contributed by atoms with Crippen LogP contribution in [0.3, 0.4) is 0 Å². The number of carbonyl (C=O) groups excluding carboxylic acids is 1. The van der Waals surface area contributed by atoms with Crippen molar-refractivity contribution in [2.75, 3.05) is 10.0 Å². The van der Waals surface area contributed by atoms with E-state index in [9.17, 15) is 13.2 Å². The molecule has 156 valence electrons. The van der Waals surface area contributed by atoms with E-state index in [1.165, 1.54) is 24.3 Å². The standard InChI is InChI=1S/C21H18BrClN2O4S/c1-14(29-19-4-2-3-16(23)13-19)21(26)24-17-9-11-20(12-10-17)30(27,28)25-18-7-5-15(22)6-8-18/h2-14,25H,1H3,(H,24,26). The first-order chi connectivity index (χ1) is 14.2. The summed E-state index contributed by atoms with van der Waals surface area (Å²) >= 11 is 9.21. The van der Waals surface area contributed by atoms with Crippen molar-refractivity contribution >= 4 is 54.8 Å². The summed E-state index contributed by atoms with van der Waals surface area (Å²) in [5.74, 6) is 0.101. The number of anilines is 2. The van der Waals surface area contributed by atoms with Gasteiger partial charge in [0, 0.05) is 20.9 Å².